The second kappa shape index (κ2) is 7.14. The molecule has 0 aromatic heterocycles. The first-order chi connectivity index (χ1) is 9.63. The van der Waals surface area contributed by atoms with Gasteiger partial charge in [-0.15, -0.1) is 0 Å². The summed E-state index contributed by atoms with van der Waals surface area (Å²) in [4.78, 5) is 14.4. The van der Waals surface area contributed by atoms with E-state index in [1.165, 1.54) is 12.8 Å². The van der Waals surface area contributed by atoms with Gasteiger partial charge in [-0.05, 0) is 31.1 Å². The molecule has 1 saturated carbocycles. The first-order valence-corrected chi connectivity index (χ1v) is 8.51. The Bertz CT molecular complexity index is 437. The van der Waals surface area contributed by atoms with Crippen LogP contribution in [0.25, 0.3) is 0 Å². The van der Waals surface area contributed by atoms with Crippen molar-refractivity contribution in [2.24, 2.45) is 5.73 Å². The second-order valence-electron chi connectivity index (χ2n) is 5.52. The lowest BCUT2D eigenvalue weighted by molar-refractivity contribution is -0.133. The zero-order valence-electron chi connectivity index (χ0n) is 12.3. The third-order valence-electron chi connectivity index (χ3n) is 4.18. The van der Waals surface area contributed by atoms with Crippen LogP contribution in [0.3, 0.4) is 0 Å². The number of likely N-dealkylation sites (N-methyl/N-ethyl adjacent to an activating group) is 1. The molecule has 2 N–H and O–H groups in total. The lowest BCUT2D eigenvalue weighted by Gasteiger charge is -2.31. The molecule has 1 fully saturated rings. The van der Waals surface area contributed by atoms with Gasteiger partial charge in [-0.2, -0.15) is 11.8 Å². The molecular formula is C16H24N2OS. The molecule has 3 nitrogen and oxygen atoms in total. The molecule has 0 radical (unpaired) electrons. The zero-order valence-corrected chi connectivity index (χ0v) is 13.1. The number of amides is 1. The topological polar surface area (TPSA) is 46.3 Å². The molecule has 1 aliphatic rings. The van der Waals surface area contributed by atoms with Crippen LogP contribution in [0.2, 0.25) is 0 Å². The minimum atomic E-state index is -0.439. The number of nitrogens with zero attached hydrogens (tertiary/aromatic N) is 1. The summed E-state index contributed by atoms with van der Waals surface area (Å²) in [7, 11) is 1.91. The Morgan fingerprint density at radius 3 is 2.75 bits per heavy atom. The van der Waals surface area contributed by atoms with Crippen molar-refractivity contribution < 1.29 is 4.79 Å². The molecule has 1 aliphatic carbocycles. The van der Waals surface area contributed by atoms with Gasteiger partial charge in [-0.25, -0.2) is 0 Å². The highest BCUT2D eigenvalue weighted by molar-refractivity contribution is 7.99. The summed E-state index contributed by atoms with van der Waals surface area (Å²) in [5.74, 6) is 0.0693. The summed E-state index contributed by atoms with van der Waals surface area (Å²) in [5.41, 5.74) is 7.23. The number of thioether (sulfide) groups is 1. The predicted octanol–water partition coefficient (Wildman–Crippen LogP) is 2.30. The lowest BCUT2D eigenvalue weighted by atomic mass is 10.0. The first kappa shape index (κ1) is 15.4. The number of nitrogens with two attached hydrogens (primary N) is 1. The minimum Gasteiger partial charge on any atom is -0.340 e. The first-order valence-electron chi connectivity index (χ1n) is 7.22. The van der Waals surface area contributed by atoms with E-state index in [1.807, 2.05) is 54.0 Å². The standard InChI is InChI=1S/C16H24N2OS/c1-18(14-9-6-10-15(14)20-2)16(19)13(17)11-12-7-4-3-5-8-12/h3-5,7-8,13-15H,6,9-11,17H2,1-2H3/t13-,14+,15+/m0/s1. The lowest BCUT2D eigenvalue weighted by Crippen LogP contribution is -2.49. The van der Waals surface area contributed by atoms with Crippen LogP contribution in [0.5, 0.6) is 0 Å². The molecule has 1 aromatic rings. The average molecular weight is 292 g/mol. The fourth-order valence-corrected chi connectivity index (χ4v) is 4.04. The van der Waals surface area contributed by atoms with Gasteiger partial charge in [0.05, 0.1) is 6.04 Å². The number of hydrogen-bond donors (Lipinski definition) is 1. The number of benzene rings is 1. The van der Waals surface area contributed by atoms with Crippen LogP contribution in [0.4, 0.5) is 0 Å². The van der Waals surface area contributed by atoms with Crippen molar-refractivity contribution in [3.8, 4) is 0 Å². The quantitative estimate of drug-likeness (QED) is 0.906. The van der Waals surface area contributed by atoms with Crippen molar-refractivity contribution in [2.45, 2.75) is 43.0 Å². The van der Waals surface area contributed by atoms with Gasteiger partial charge in [0.2, 0.25) is 5.91 Å². The number of rotatable bonds is 5. The maximum absolute atomic E-state index is 12.5. The van der Waals surface area contributed by atoms with E-state index in [9.17, 15) is 4.79 Å². The largest absolute Gasteiger partial charge is 0.340 e. The fraction of sp³-hybridized carbons (Fsp3) is 0.562. The van der Waals surface area contributed by atoms with Crippen molar-refractivity contribution in [2.75, 3.05) is 13.3 Å². The van der Waals surface area contributed by atoms with E-state index in [1.54, 1.807) is 0 Å². The number of carbonyl (C=O) groups is 1. The van der Waals surface area contributed by atoms with Gasteiger partial charge >= 0.3 is 0 Å². The Morgan fingerprint density at radius 2 is 2.10 bits per heavy atom. The van der Waals surface area contributed by atoms with Gasteiger partial charge in [0.25, 0.3) is 0 Å². The fourth-order valence-electron chi connectivity index (χ4n) is 3.00. The third kappa shape index (κ3) is 3.55. The van der Waals surface area contributed by atoms with Gasteiger partial charge < -0.3 is 10.6 Å². The van der Waals surface area contributed by atoms with E-state index < -0.39 is 6.04 Å². The summed E-state index contributed by atoms with van der Waals surface area (Å²) < 4.78 is 0. The van der Waals surface area contributed by atoms with Gasteiger partial charge in [0.1, 0.15) is 0 Å². The highest BCUT2D eigenvalue weighted by Crippen LogP contribution is 2.31. The van der Waals surface area contributed by atoms with E-state index in [-0.39, 0.29) is 5.91 Å². The average Bonchev–Trinajstić information content (AvgIpc) is 2.95. The molecule has 1 aromatic carbocycles. The molecule has 0 spiro atoms. The van der Waals surface area contributed by atoms with Crippen molar-refractivity contribution in [1.29, 1.82) is 0 Å². The monoisotopic (exact) mass is 292 g/mol. The number of hydrogen-bond acceptors (Lipinski definition) is 3. The minimum absolute atomic E-state index is 0.0693. The van der Waals surface area contributed by atoms with E-state index >= 15 is 0 Å². The molecule has 0 aliphatic heterocycles. The van der Waals surface area contributed by atoms with Crippen LogP contribution >= 0.6 is 11.8 Å². The van der Waals surface area contributed by atoms with Gasteiger partial charge in [0, 0.05) is 18.3 Å². The molecule has 110 valence electrons. The van der Waals surface area contributed by atoms with Crippen molar-refractivity contribution in [3.63, 3.8) is 0 Å². The van der Waals surface area contributed by atoms with Crippen molar-refractivity contribution in [3.05, 3.63) is 35.9 Å². The molecule has 20 heavy (non-hydrogen) atoms. The normalized spacial score (nSPS) is 23.6. The highest BCUT2D eigenvalue weighted by atomic mass is 32.2. The Kier molecular flexibility index (Phi) is 5.49. The molecule has 0 unspecified atom stereocenters. The van der Waals surface area contributed by atoms with Crippen LogP contribution < -0.4 is 5.73 Å². The second-order valence-corrected chi connectivity index (χ2v) is 6.59. The Hall–Kier alpha value is -1.00. The van der Waals surface area contributed by atoms with Crippen LogP contribution in [-0.2, 0) is 11.2 Å². The van der Waals surface area contributed by atoms with E-state index in [0.717, 1.165) is 12.0 Å². The summed E-state index contributed by atoms with van der Waals surface area (Å²) in [5, 5.41) is 0.563. The molecular weight excluding hydrogens is 268 g/mol. The molecule has 1 amide bonds. The summed E-state index contributed by atoms with van der Waals surface area (Å²) >= 11 is 1.87. The zero-order chi connectivity index (χ0) is 14.5. The molecule has 0 bridgehead atoms. The summed E-state index contributed by atoms with van der Waals surface area (Å²) in [6.45, 7) is 0. The van der Waals surface area contributed by atoms with Crippen molar-refractivity contribution >= 4 is 17.7 Å². The Morgan fingerprint density at radius 1 is 1.40 bits per heavy atom. The van der Waals surface area contributed by atoms with Crippen LogP contribution in [-0.4, -0.2) is 41.4 Å². The molecule has 3 atom stereocenters. The maximum atomic E-state index is 12.5. The van der Waals surface area contributed by atoms with Gasteiger partial charge in [-0.1, -0.05) is 36.8 Å². The molecule has 2 rings (SSSR count). The molecule has 0 saturated heterocycles. The maximum Gasteiger partial charge on any atom is 0.239 e. The van der Waals surface area contributed by atoms with Gasteiger partial charge in [-0.3, -0.25) is 4.79 Å². The predicted molar refractivity (Wildman–Crippen MR) is 85.8 cm³/mol. The van der Waals surface area contributed by atoms with Crippen molar-refractivity contribution in [1.82, 2.24) is 4.90 Å². The van der Waals surface area contributed by atoms with Crippen LogP contribution in [0.1, 0.15) is 24.8 Å². The third-order valence-corrected chi connectivity index (χ3v) is 5.34. The van der Waals surface area contributed by atoms with Gasteiger partial charge in [0.15, 0.2) is 0 Å². The van der Waals surface area contributed by atoms with Crippen LogP contribution in [0, 0.1) is 0 Å². The van der Waals surface area contributed by atoms with E-state index in [2.05, 4.69) is 6.26 Å². The smallest absolute Gasteiger partial charge is 0.239 e. The summed E-state index contributed by atoms with van der Waals surface area (Å²) in [6.07, 6.45) is 6.26. The highest BCUT2D eigenvalue weighted by Gasteiger charge is 2.33. The summed E-state index contributed by atoms with van der Waals surface area (Å²) in [6, 6.07) is 9.89. The Labute approximate surface area is 125 Å². The SMILES string of the molecule is CS[C@@H]1CCC[C@H]1N(C)C(=O)[C@@H](N)Cc1ccccc1. The van der Waals surface area contributed by atoms with E-state index in [0.29, 0.717) is 17.7 Å². The van der Waals surface area contributed by atoms with E-state index in [4.69, 9.17) is 5.73 Å². The molecule has 4 heteroatoms. The Balaban J connectivity index is 1.96. The molecule has 0 heterocycles. The number of carbonyl (C=O) groups excluding carboxylic acids is 1. The van der Waals surface area contributed by atoms with Crippen LogP contribution in [0.15, 0.2) is 30.3 Å².